The van der Waals surface area contributed by atoms with Gasteiger partial charge in [0.15, 0.2) is 0 Å². The SMILES string of the molecule is CC(C)c1cc(F)c2[nH]c(=O)n(C)c2c1. The number of nitrogens with zero attached hydrogens (tertiary/aromatic N) is 1. The lowest BCUT2D eigenvalue weighted by atomic mass is 10.0. The standard InChI is InChI=1S/C11H13FN2O/c1-6(2)7-4-8(12)10-9(5-7)14(3)11(15)13-10/h4-6H,1-3H3,(H,13,15). The van der Waals surface area contributed by atoms with Crippen molar-refractivity contribution in [2.45, 2.75) is 19.8 Å². The Hall–Kier alpha value is -1.58. The molecular formula is C11H13FN2O. The van der Waals surface area contributed by atoms with E-state index in [9.17, 15) is 9.18 Å². The van der Waals surface area contributed by atoms with E-state index < -0.39 is 0 Å². The zero-order chi connectivity index (χ0) is 11.2. The van der Waals surface area contributed by atoms with Gasteiger partial charge < -0.3 is 4.98 Å². The highest BCUT2D eigenvalue weighted by Crippen LogP contribution is 2.21. The minimum atomic E-state index is -0.367. The van der Waals surface area contributed by atoms with Gasteiger partial charge in [-0.05, 0) is 23.6 Å². The minimum Gasteiger partial charge on any atom is -0.303 e. The molecule has 15 heavy (non-hydrogen) atoms. The van der Waals surface area contributed by atoms with Crippen LogP contribution in [0, 0.1) is 5.82 Å². The maximum absolute atomic E-state index is 13.6. The van der Waals surface area contributed by atoms with Gasteiger partial charge in [0.05, 0.1) is 5.52 Å². The molecule has 0 amide bonds. The van der Waals surface area contributed by atoms with Crippen LogP contribution < -0.4 is 5.69 Å². The molecule has 0 aliphatic carbocycles. The second-order valence-corrected chi connectivity index (χ2v) is 4.04. The van der Waals surface area contributed by atoms with E-state index in [-0.39, 0.29) is 22.9 Å². The Kier molecular flexibility index (Phi) is 2.14. The number of halogens is 1. The van der Waals surface area contributed by atoms with Gasteiger partial charge in [0.2, 0.25) is 0 Å². The number of imidazole rings is 1. The van der Waals surface area contributed by atoms with Gasteiger partial charge in [-0.1, -0.05) is 13.8 Å². The number of aromatic amines is 1. The van der Waals surface area contributed by atoms with Crippen LogP contribution >= 0.6 is 0 Å². The van der Waals surface area contributed by atoms with E-state index in [4.69, 9.17) is 0 Å². The molecule has 0 saturated heterocycles. The van der Waals surface area contributed by atoms with E-state index >= 15 is 0 Å². The zero-order valence-electron chi connectivity index (χ0n) is 8.97. The first-order valence-electron chi connectivity index (χ1n) is 4.89. The summed E-state index contributed by atoms with van der Waals surface area (Å²) in [6.07, 6.45) is 0. The molecule has 0 saturated carbocycles. The highest BCUT2D eigenvalue weighted by Gasteiger charge is 2.11. The van der Waals surface area contributed by atoms with Crippen LogP contribution in [0.3, 0.4) is 0 Å². The average molecular weight is 208 g/mol. The number of rotatable bonds is 1. The van der Waals surface area contributed by atoms with Gasteiger partial charge >= 0.3 is 5.69 Å². The Morgan fingerprint density at radius 2 is 2.07 bits per heavy atom. The molecule has 0 aliphatic rings. The van der Waals surface area contributed by atoms with Gasteiger partial charge in [-0.25, -0.2) is 9.18 Å². The molecular weight excluding hydrogens is 195 g/mol. The molecule has 1 heterocycles. The molecule has 1 aromatic carbocycles. The first-order chi connectivity index (χ1) is 7.00. The molecule has 80 valence electrons. The van der Waals surface area contributed by atoms with Crippen LogP contribution in [-0.2, 0) is 7.05 Å². The van der Waals surface area contributed by atoms with Gasteiger partial charge in [0.1, 0.15) is 11.3 Å². The smallest absolute Gasteiger partial charge is 0.303 e. The number of benzene rings is 1. The Morgan fingerprint density at radius 1 is 1.40 bits per heavy atom. The van der Waals surface area contributed by atoms with E-state index in [0.717, 1.165) is 5.56 Å². The summed E-state index contributed by atoms with van der Waals surface area (Å²) in [6, 6.07) is 3.32. The van der Waals surface area contributed by atoms with Gasteiger partial charge in [0.25, 0.3) is 0 Å². The molecule has 0 aliphatic heterocycles. The molecule has 3 nitrogen and oxygen atoms in total. The first kappa shape index (κ1) is 9.96. The van der Waals surface area contributed by atoms with Crippen LogP contribution in [0.1, 0.15) is 25.3 Å². The summed E-state index contributed by atoms with van der Waals surface area (Å²) in [7, 11) is 1.63. The van der Waals surface area contributed by atoms with Gasteiger partial charge in [0, 0.05) is 7.05 Å². The van der Waals surface area contributed by atoms with Gasteiger partial charge in [-0.3, -0.25) is 4.57 Å². The van der Waals surface area contributed by atoms with Crippen LogP contribution in [0.2, 0.25) is 0 Å². The fraction of sp³-hybridized carbons (Fsp3) is 0.364. The van der Waals surface area contributed by atoms with E-state index in [1.165, 1.54) is 10.6 Å². The number of hydrogen-bond acceptors (Lipinski definition) is 1. The summed E-state index contributed by atoms with van der Waals surface area (Å²) in [5.74, 6) is -0.122. The number of nitrogens with one attached hydrogen (secondary N) is 1. The lowest BCUT2D eigenvalue weighted by molar-refractivity contribution is 0.633. The number of H-pyrrole nitrogens is 1. The average Bonchev–Trinajstić information content (AvgIpc) is 2.45. The van der Waals surface area contributed by atoms with Crippen molar-refractivity contribution in [3.8, 4) is 0 Å². The Balaban J connectivity index is 2.85. The van der Waals surface area contributed by atoms with Crippen molar-refractivity contribution in [3.63, 3.8) is 0 Å². The van der Waals surface area contributed by atoms with Crippen molar-refractivity contribution in [3.05, 3.63) is 34.0 Å². The van der Waals surface area contributed by atoms with Gasteiger partial charge in [-0.2, -0.15) is 0 Å². The van der Waals surface area contributed by atoms with Crippen molar-refractivity contribution in [1.29, 1.82) is 0 Å². The zero-order valence-corrected chi connectivity index (χ0v) is 8.97. The quantitative estimate of drug-likeness (QED) is 0.766. The summed E-state index contributed by atoms with van der Waals surface area (Å²) in [6.45, 7) is 3.98. The lowest BCUT2D eigenvalue weighted by Gasteiger charge is -2.06. The summed E-state index contributed by atoms with van der Waals surface area (Å²) in [5, 5.41) is 0. The van der Waals surface area contributed by atoms with E-state index in [1.807, 2.05) is 19.9 Å². The Bertz CT molecular complexity index is 566. The number of hydrogen-bond donors (Lipinski definition) is 1. The second kappa shape index (κ2) is 3.22. The van der Waals surface area contributed by atoms with Crippen LogP contribution in [0.25, 0.3) is 11.0 Å². The molecule has 1 aromatic heterocycles. The van der Waals surface area contributed by atoms with Crippen molar-refractivity contribution in [2.75, 3.05) is 0 Å². The highest BCUT2D eigenvalue weighted by atomic mass is 19.1. The highest BCUT2D eigenvalue weighted by molar-refractivity contribution is 5.76. The second-order valence-electron chi connectivity index (χ2n) is 4.04. The number of aromatic nitrogens is 2. The van der Waals surface area contributed by atoms with E-state index in [1.54, 1.807) is 7.05 Å². The van der Waals surface area contributed by atoms with E-state index in [2.05, 4.69) is 4.98 Å². The van der Waals surface area contributed by atoms with Crippen molar-refractivity contribution < 1.29 is 4.39 Å². The number of aryl methyl sites for hydroxylation is 1. The van der Waals surface area contributed by atoms with Gasteiger partial charge in [-0.15, -0.1) is 0 Å². The summed E-state index contributed by atoms with van der Waals surface area (Å²) in [4.78, 5) is 13.8. The Labute approximate surface area is 86.5 Å². The third-order valence-electron chi connectivity index (χ3n) is 2.66. The maximum atomic E-state index is 13.6. The molecule has 2 aromatic rings. The first-order valence-corrected chi connectivity index (χ1v) is 4.89. The van der Waals surface area contributed by atoms with Crippen LogP contribution in [0.15, 0.2) is 16.9 Å². The fourth-order valence-electron chi connectivity index (χ4n) is 1.63. The van der Waals surface area contributed by atoms with Crippen LogP contribution in [0.4, 0.5) is 4.39 Å². The predicted molar refractivity (Wildman–Crippen MR) is 57.6 cm³/mol. The molecule has 0 spiro atoms. The van der Waals surface area contributed by atoms with Crippen molar-refractivity contribution in [1.82, 2.24) is 9.55 Å². The summed E-state index contributed by atoms with van der Waals surface area (Å²) in [5.41, 5.74) is 1.51. The third-order valence-corrected chi connectivity index (χ3v) is 2.66. The molecule has 0 radical (unpaired) electrons. The predicted octanol–water partition coefficient (Wildman–Crippen LogP) is 2.13. The van der Waals surface area contributed by atoms with Crippen molar-refractivity contribution in [2.24, 2.45) is 7.05 Å². The lowest BCUT2D eigenvalue weighted by Crippen LogP contribution is -2.11. The molecule has 2 rings (SSSR count). The molecule has 0 atom stereocenters. The maximum Gasteiger partial charge on any atom is 0.326 e. The number of fused-ring (bicyclic) bond motifs is 1. The molecule has 0 unspecified atom stereocenters. The molecule has 0 bridgehead atoms. The van der Waals surface area contributed by atoms with Crippen molar-refractivity contribution >= 4 is 11.0 Å². The summed E-state index contributed by atoms with van der Waals surface area (Å²) < 4.78 is 15.0. The topological polar surface area (TPSA) is 37.8 Å². The van der Waals surface area contributed by atoms with E-state index in [0.29, 0.717) is 5.52 Å². The minimum absolute atomic E-state index is 0.244. The largest absolute Gasteiger partial charge is 0.326 e. The van der Waals surface area contributed by atoms with Crippen LogP contribution in [-0.4, -0.2) is 9.55 Å². The Morgan fingerprint density at radius 3 is 2.67 bits per heavy atom. The van der Waals surface area contributed by atoms with Crippen LogP contribution in [0.5, 0.6) is 0 Å². The third kappa shape index (κ3) is 1.46. The summed E-state index contributed by atoms with van der Waals surface area (Å²) >= 11 is 0. The molecule has 0 fully saturated rings. The molecule has 4 heteroatoms. The monoisotopic (exact) mass is 208 g/mol. The molecule has 1 N–H and O–H groups in total. The fourth-order valence-corrected chi connectivity index (χ4v) is 1.63. The normalized spacial score (nSPS) is 11.5.